The van der Waals surface area contributed by atoms with Crippen molar-refractivity contribution in [2.75, 3.05) is 13.1 Å². The number of hydrogen-bond acceptors (Lipinski definition) is 2. The predicted molar refractivity (Wildman–Crippen MR) is 80.1 cm³/mol. The van der Waals surface area contributed by atoms with Gasteiger partial charge in [0.2, 0.25) is 5.91 Å². The fourth-order valence-electron chi connectivity index (χ4n) is 2.31. The summed E-state index contributed by atoms with van der Waals surface area (Å²) < 4.78 is 13.4. The Morgan fingerprint density at radius 1 is 1.20 bits per heavy atom. The Hall–Kier alpha value is -1.42. The molecule has 0 heterocycles. The van der Waals surface area contributed by atoms with Crippen LogP contribution in [0.1, 0.15) is 33.3 Å². The van der Waals surface area contributed by atoms with Crippen molar-refractivity contribution < 1.29 is 9.18 Å². The minimum atomic E-state index is -0.325. The molecule has 0 radical (unpaired) electrons. The molecule has 0 saturated heterocycles. The first-order valence-corrected chi connectivity index (χ1v) is 7.17. The number of nitrogens with zero attached hydrogens (tertiary/aromatic N) is 1. The second-order valence-corrected chi connectivity index (χ2v) is 5.54. The van der Waals surface area contributed by atoms with Gasteiger partial charge in [0, 0.05) is 25.2 Å². The molecular formula is C16H25FN2O. The third-order valence-electron chi connectivity index (χ3n) is 3.33. The molecule has 0 bridgehead atoms. The van der Waals surface area contributed by atoms with E-state index in [1.54, 1.807) is 18.2 Å². The zero-order valence-electron chi connectivity index (χ0n) is 12.8. The number of nitrogens with one attached hydrogen (secondary N) is 1. The van der Waals surface area contributed by atoms with Gasteiger partial charge in [-0.15, -0.1) is 0 Å². The Balaban J connectivity index is 2.39. The Kier molecular flexibility index (Phi) is 6.65. The molecule has 112 valence electrons. The van der Waals surface area contributed by atoms with Gasteiger partial charge in [0.05, 0.1) is 6.42 Å². The van der Waals surface area contributed by atoms with Gasteiger partial charge in [-0.3, -0.25) is 9.69 Å². The first kappa shape index (κ1) is 16.6. The molecule has 1 aromatic rings. The third-order valence-corrected chi connectivity index (χ3v) is 3.33. The summed E-state index contributed by atoms with van der Waals surface area (Å²) in [7, 11) is 0. The van der Waals surface area contributed by atoms with Crippen molar-refractivity contribution >= 4 is 5.91 Å². The van der Waals surface area contributed by atoms with Gasteiger partial charge >= 0.3 is 0 Å². The van der Waals surface area contributed by atoms with Crippen LogP contribution in [0.5, 0.6) is 0 Å². The molecule has 1 aromatic carbocycles. The lowest BCUT2D eigenvalue weighted by Gasteiger charge is -2.30. The molecule has 0 aromatic heterocycles. The number of rotatable bonds is 7. The van der Waals surface area contributed by atoms with Crippen LogP contribution in [0.15, 0.2) is 24.3 Å². The second-order valence-electron chi connectivity index (χ2n) is 5.54. The quantitative estimate of drug-likeness (QED) is 0.832. The van der Waals surface area contributed by atoms with Crippen molar-refractivity contribution in [2.45, 2.75) is 46.2 Å². The molecule has 0 fully saturated rings. The summed E-state index contributed by atoms with van der Waals surface area (Å²) in [5.74, 6) is -0.462. The summed E-state index contributed by atoms with van der Waals surface area (Å²) in [6.45, 7) is 9.95. The zero-order valence-corrected chi connectivity index (χ0v) is 12.8. The topological polar surface area (TPSA) is 32.3 Å². The number of hydrogen-bond donors (Lipinski definition) is 1. The fourth-order valence-corrected chi connectivity index (χ4v) is 2.31. The smallest absolute Gasteiger partial charge is 0.224 e. The monoisotopic (exact) mass is 280 g/mol. The van der Waals surface area contributed by atoms with Gasteiger partial charge in [-0.05, 0) is 39.3 Å². The summed E-state index contributed by atoms with van der Waals surface area (Å²) in [5, 5.41) is 2.85. The van der Waals surface area contributed by atoms with E-state index in [2.05, 4.69) is 37.9 Å². The Morgan fingerprint density at radius 2 is 1.80 bits per heavy atom. The number of amides is 1. The molecule has 0 aliphatic heterocycles. The predicted octanol–water partition coefficient (Wildman–Crippen LogP) is 2.60. The lowest BCUT2D eigenvalue weighted by atomic mass is 10.1. The summed E-state index contributed by atoms with van der Waals surface area (Å²) in [5.41, 5.74) is 0.439. The van der Waals surface area contributed by atoms with Crippen LogP contribution in [0.2, 0.25) is 0 Å². The highest BCUT2D eigenvalue weighted by Gasteiger charge is 2.13. The molecule has 1 amide bonds. The van der Waals surface area contributed by atoms with Crippen LogP contribution in [-0.4, -0.2) is 36.0 Å². The fraction of sp³-hybridized carbons (Fsp3) is 0.562. The Morgan fingerprint density at radius 3 is 2.35 bits per heavy atom. The van der Waals surface area contributed by atoms with Crippen molar-refractivity contribution in [2.24, 2.45) is 0 Å². The van der Waals surface area contributed by atoms with Crippen LogP contribution in [0.4, 0.5) is 4.39 Å². The molecule has 1 rings (SSSR count). The van der Waals surface area contributed by atoms with Gasteiger partial charge in [-0.1, -0.05) is 18.2 Å². The highest BCUT2D eigenvalue weighted by atomic mass is 19.1. The lowest BCUT2D eigenvalue weighted by Crippen LogP contribution is -2.42. The lowest BCUT2D eigenvalue weighted by molar-refractivity contribution is -0.120. The number of carbonyl (C=O) groups excluding carboxylic acids is 1. The van der Waals surface area contributed by atoms with Gasteiger partial charge in [-0.25, -0.2) is 4.39 Å². The SMILES string of the molecule is CC(C)N(CCNC(=O)Cc1ccccc1F)C(C)C. The van der Waals surface area contributed by atoms with Gasteiger partial charge in [0.15, 0.2) is 0 Å². The van der Waals surface area contributed by atoms with Crippen LogP contribution >= 0.6 is 0 Å². The summed E-state index contributed by atoms with van der Waals surface area (Å²) in [6.07, 6.45) is 0.0933. The van der Waals surface area contributed by atoms with E-state index in [-0.39, 0.29) is 18.1 Å². The van der Waals surface area contributed by atoms with E-state index in [4.69, 9.17) is 0 Å². The number of halogens is 1. The average molecular weight is 280 g/mol. The first-order chi connectivity index (χ1) is 9.41. The molecular weight excluding hydrogens is 255 g/mol. The van der Waals surface area contributed by atoms with E-state index >= 15 is 0 Å². The number of benzene rings is 1. The maximum atomic E-state index is 13.4. The van der Waals surface area contributed by atoms with Crippen LogP contribution in [-0.2, 0) is 11.2 Å². The first-order valence-electron chi connectivity index (χ1n) is 7.17. The average Bonchev–Trinajstić information content (AvgIpc) is 2.36. The molecule has 0 unspecified atom stereocenters. The van der Waals surface area contributed by atoms with Gasteiger partial charge < -0.3 is 5.32 Å². The van der Waals surface area contributed by atoms with E-state index in [1.807, 2.05) is 0 Å². The van der Waals surface area contributed by atoms with Gasteiger partial charge in [-0.2, -0.15) is 0 Å². The van der Waals surface area contributed by atoms with Crippen LogP contribution in [0, 0.1) is 5.82 Å². The third kappa shape index (κ3) is 5.29. The van der Waals surface area contributed by atoms with E-state index in [0.29, 0.717) is 24.2 Å². The molecule has 0 spiro atoms. The van der Waals surface area contributed by atoms with Gasteiger partial charge in [0.1, 0.15) is 5.82 Å². The standard InChI is InChI=1S/C16H25FN2O/c1-12(2)19(13(3)4)10-9-18-16(20)11-14-7-5-6-8-15(14)17/h5-8,12-13H,9-11H2,1-4H3,(H,18,20). The maximum absolute atomic E-state index is 13.4. The minimum absolute atomic E-state index is 0.0933. The molecule has 0 saturated carbocycles. The van der Waals surface area contributed by atoms with Crippen molar-refractivity contribution in [3.05, 3.63) is 35.6 Å². The minimum Gasteiger partial charge on any atom is -0.355 e. The maximum Gasteiger partial charge on any atom is 0.224 e. The highest BCUT2D eigenvalue weighted by Crippen LogP contribution is 2.07. The van der Waals surface area contributed by atoms with Crippen molar-refractivity contribution in [3.63, 3.8) is 0 Å². The second kappa shape index (κ2) is 8.00. The van der Waals surface area contributed by atoms with E-state index in [0.717, 1.165) is 6.54 Å². The molecule has 4 heteroatoms. The van der Waals surface area contributed by atoms with E-state index in [9.17, 15) is 9.18 Å². The van der Waals surface area contributed by atoms with E-state index < -0.39 is 0 Å². The van der Waals surface area contributed by atoms with E-state index in [1.165, 1.54) is 6.07 Å². The molecule has 0 atom stereocenters. The van der Waals surface area contributed by atoms with Crippen LogP contribution < -0.4 is 5.32 Å². The van der Waals surface area contributed by atoms with Crippen LogP contribution in [0.3, 0.4) is 0 Å². The summed E-state index contributed by atoms with van der Waals surface area (Å²) in [4.78, 5) is 14.1. The molecule has 1 N–H and O–H groups in total. The molecule has 3 nitrogen and oxygen atoms in total. The molecule has 20 heavy (non-hydrogen) atoms. The Bertz CT molecular complexity index is 424. The van der Waals surface area contributed by atoms with Gasteiger partial charge in [0.25, 0.3) is 0 Å². The summed E-state index contributed by atoms with van der Waals surface area (Å²) in [6, 6.07) is 7.27. The largest absolute Gasteiger partial charge is 0.355 e. The van der Waals surface area contributed by atoms with Crippen LogP contribution in [0.25, 0.3) is 0 Å². The summed E-state index contributed by atoms with van der Waals surface area (Å²) >= 11 is 0. The normalized spacial score (nSPS) is 11.4. The van der Waals surface area contributed by atoms with Crippen molar-refractivity contribution in [1.29, 1.82) is 0 Å². The van der Waals surface area contributed by atoms with Crippen molar-refractivity contribution in [3.8, 4) is 0 Å². The molecule has 0 aliphatic carbocycles. The highest BCUT2D eigenvalue weighted by molar-refractivity contribution is 5.78. The van der Waals surface area contributed by atoms with Crippen molar-refractivity contribution in [1.82, 2.24) is 10.2 Å². The Labute approximate surface area is 121 Å². The molecule has 0 aliphatic rings. The number of carbonyl (C=O) groups is 1. The zero-order chi connectivity index (χ0) is 15.1.